The van der Waals surface area contributed by atoms with Crippen molar-refractivity contribution in [1.82, 2.24) is 19.7 Å². The zero-order valence-corrected chi connectivity index (χ0v) is 10.2. The molecule has 0 aromatic carbocycles. The van der Waals surface area contributed by atoms with Crippen LogP contribution in [-0.2, 0) is 6.18 Å². The quantitative estimate of drug-likeness (QED) is 0.752. The second-order valence-electron chi connectivity index (χ2n) is 3.65. The molecule has 96 valence electrons. The molecule has 0 saturated carbocycles. The molecular formula is C10H8ClF3N4. The lowest BCUT2D eigenvalue weighted by molar-refractivity contribution is -0.137. The van der Waals surface area contributed by atoms with E-state index in [9.17, 15) is 13.2 Å². The monoisotopic (exact) mass is 276 g/mol. The van der Waals surface area contributed by atoms with Crippen LogP contribution >= 0.6 is 11.6 Å². The van der Waals surface area contributed by atoms with E-state index in [0.29, 0.717) is 11.6 Å². The summed E-state index contributed by atoms with van der Waals surface area (Å²) in [7, 11) is 0. The second kappa shape index (κ2) is 4.24. The molecule has 0 bridgehead atoms. The molecule has 0 aliphatic carbocycles. The van der Waals surface area contributed by atoms with Gasteiger partial charge in [-0.15, -0.1) is 5.10 Å². The Morgan fingerprint density at radius 2 is 1.83 bits per heavy atom. The van der Waals surface area contributed by atoms with Crippen molar-refractivity contribution >= 4 is 11.6 Å². The molecule has 0 saturated heterocycles. The molecule has 0 unspecified atom stereocenters. The van der Waals surface area contributed by atoms with Crippen LogP contribution in [0.2, 0.25) is 5.15 Å². The fraction of sp³-hybridized carbons (Fsp3) is 0.300. The summed E-state index contributed by atoms with van der Waals surface area (Å²) >= 11 is 5.59. The zero-order valence-electron chi connectivity index (χ0n) is 9.46. The molecule has 2 aromatic heterocycles. The highest BCUT2D eigenvalue weighted by Gasteiger charge is 2.32. The van der Waals surface area contributed by atoms with E-state index in [4.69, 9.17) is 11.6 Å². The first-order chi connectivity index (χ1) is 8.27. The van der Waals surface area contributed by atoms with Gasteiger partial charge in [0, 0.05) is 0 Å². The van der Waals surface area contributed by atoms with Crippen molar-refractivity contribution in [2.75, 3.05) is 0 Å². The smallest absolute Gasteiger partial charge is 0.217 e. The minimum absolute atomic E-state index is 0.00655. The Morgan fingerprint density at radius 3 is 2.33 bits per heavy atom. The number of aromatic nitrogens is 4. The maximum atomic E-state index is 12.6. The molecule has 8 heteroatoms. The van der Waals surface area contributed by atoms with Crippen LogP contribution in [0.3, 0.4) is 0 Å². The van der Waals surface area contributed by atoms with E-state index in [1.165, 1.54) is 4.68 Å². The lowest BCUT2D eigenvalue weighted by atomic mass is 10.2. The SMILES string of the molecule is Cc1nc(C)n(-c2cc(C(F)(F)F)cc(Cl)n2)n1. The number of rotatable bonds is 1. The summed E-state index contributed by atoms with van der Waals surface area (Å²) in [5.41, 5.74) is -0.870. The average Bonchev–Trinajstić information content (AvgIpc) is 2.55. The van der Waals surface area contributed by atoms with Gasteiger partial charge in [-0.2, -0.15) is 17.9 Å². The van der Waals surface area contributed by atoms with Gasteiger partial charge in [0.1, 0.15) is 16.8 Å². The molecule has 18 heavy (non-hydrogen) atoms. The van der Waals surface area contributed by atoms with Crippen molar-refractivity contribution in [2.24, 2.45) is 0 Å². The standard InChI is InChI=1S/C10H8ClF3N4/c1-5-15-6(2)18(17-5)9-4-7(10(12,13)14)3-8(11)16-9/h3-4H,1-2H3. The van der Waals surface area contributed by atoms with Gasteiger partial charge in [-0.05, 0) is 26.0 Å². The fourth-order valence-corrected chi connectivity index (χ4v) is 1.70. The van der Waals surface area contributed by atoms with Crippen molar-refractivity contribution < 1.29 is 13.2 Å². The molecule has 0 amide bonds. The van der Waals surface area contributed by atoms with Gasteiger partial charge < -0.3 is 0 Å². The first-order valence-electron chi connectivity index (χ1n) is 4.93. The summed E-state index contributed by atoms with van der Waals surface area (Å²) in [4.78, 5) is 7.81. The third-order valence-electron chi connectivity index (χ3n) is 2.20. The van der Waals surface area contributed by atoms with E-state index in [1.807, 2.05) is 0 Å². The van der Waals surface area contributed by atoms with Gasteiger partial charge in [0.05, 0.1) is 5.56 Å². The minimum atomic E-state index is -4.48. The van der Waals surface area contributed by atoms with Gasteiger partial charge in [-0.3, -0.25) is 0 Å². The van der Waals surface area contributed by atoms with E-state index in [1.54, 1.807) is 13.8 Å². The molecule has 2 aromatic rings. The Hall–Kier alpha value is -1.63. The topological polar surface area (TPSA) is 43.6 Å². The largest absolute Gasteiger partial charge is 0.416 e. The Morgan fingerprint density at radius 1 is 1.17 bits per heavy atom. The van der Waals surface area contributed by atoms with Gasteiger partial charge in [-0.1, -0.05) is 11.6 Å². The van der Waals surface area contributed by atoms with Crippen molar-refractivity contribution in [1.29, 1.82) is 0 Å². The number of halogens is 4. The molecule has 0 aliphatic heterocycles. The van der Waals surface area contributed by atoms with E-state index >= 15 is 0 Å². The average molecular weight is 277 g/mol. The number of hydrogen-bond acceptors (Lipinski definition) is 3. The van der Waals surface area contributed by atoms with Crippen LogP contribution in [0.5, 0.6) is 0 Å². The summed E-state index contributed by atoms with van der Waals surface area (Å²) < 4.78 is 39.1. The maximum absolute atomic E-state index is 12.6. The predicted molar refractivity (Wildman–Crippen MR) is 58.6 cm³/mol. The van der Waals surface area contributed by atoms with Gasteiger partial charge in [0.15, 0.2) is 5.82 Å². The van der Waals surface area contributed by atoms with E-state index in [2.05, 4.69) is 15.1 Å². The van der Waals surface area contributed by atoms with E-state index in [-0.39, 0.29) is 11.0 Å². The summed E-state index contributed by atoms with van der Waals surface area (Å²) in [5.74, 6) is 0.881. The van der Waals surface area contributed by atoms with Gasteiger partial charge >= 0.3 is 6.18 Å². The predicted octanol–water partition coefficient (Wildman–Crippen LogP) is 2.95. The lowest BCUT2D eigenvalue weighted by Crippen LogP contribution is -2.09. The van der Waals surface area contributed by atoms with E-state index < -0.39 is 11.7 Å². The molecule has 0 aliphatic rings. The number of hydrogen-bond donors (Lipinski definition) is 0. The number of aryl methyl sites for hydroxylation is 2. The Labute approximate surface area is 105 Å². The minimum Gasteiger partial charge on any atom is -0.217 e. The fourth-order valence-electron chi connectivity index (χ4n) is 1.49. The second-order valence-corrected chi connectivity index (χ2v) is 4.04. The molecule has 0 fully saturated rings. The first kappa shape index (κ1) is 12.8. The van der Waals surface area contributed by atoms with E-state index in [0.717, 1.165) is 12.1 Å². The van der Waals surface area contributed by atoms with Gasteiger partial charge in [-0.25, -0.2) is 9.97 Å². The Balaban J connectivity index is 2.59. The van der Waals surface area contributed by atoms with Crippen LogP contribution < -0.4 is 0 Å². The van der Waals surface area contributed by atoms with Crippen molar-refractivity contribution in [2.45, 2.75) is 20.0 Å². The molecule has 0 atom stereocenters. The van der Waals surface area contributed by atoms with Crippen LogP contribution in [0.1, 0.15) is 17.2 Å². The van der Waals surface area contributed by atoms with Crippen molar-refractivity contribution in [3.05, 3.63) is 34.5 Å². The van der Waals surface area contributed by atoms with Crippen LogP contribution in [0, 0.1) is 13.8 Å². The molecule has 2 heterocycles. The Kier molecular flexibility index (Phi) is 3.02. The molecule has 4 nitrogen and oxygen atoms in total. The molecular weight excluding hydrogens is 269 g/mol. The number of nitrogens with zero attached hydrogens (tertiary/aromatic N) is 4. The van der Waals surface area contributed by atoms with Crippen molar-refractivity contribution in [3.63, 3.8) is 0 Å². The third-order valence-corrected chi connectivity index (χ3v) is 2.39. The summed E-state index contributed by atoms with van der Waals surface area (Å²) in [5, 5.41) is 3.72. The highest BCUT2D eigenvalue weighted by atomic mass is 35.5. The van der Waals surface area contributed by atoms with Crippen LogP contribution in [0.4, 0.5) is 13.2 Å². The highest BCUT2D eigenvalue weighted by Crippen LogP contribution is 2.31. The number of pyridine rings is 1. The van der Waals surface area contributed by atoms with Gasteiger partial charge in [0.2, 0.25) is 0 Å². The van der Waals surface area contributed by atoms with Gasteiger partial charge in [0.25, 0.3) is 0 Å². The normalized spacial score (nSPS) is 11.9. The zero-order chi connectivity index (χ0) is 13.5. The summed E-state index contributed by atoms with van der Waals surface area (Å²) in [6.45, 7) is 3.26. The number of alkyl halides is 3. The first-order valence-corrected chi connectivity index (χ1v) is 5.30. The molecule has 2 rings (SSSR count). The summed E-state index contributed by atoms with van der Waals surface area (Å²) in [6.07, 6.45) is -4.48. The molecule has 0 radical (unpaired) electrons. The lowest BCUT2D eigenvalue weighted by Gasteiger charge is -2.09. The van der Waals surface area contributed by atoms with Crippen LogP contribution in [0.15, 0.2) is 12.1 Å². The third kappa shape index (κ3) is 2.45. The Bertz CT molecular complexity index is 591. The maximum Gasteiger partial charge on any atom is 0.416 e. The van der Waals surface area contributed by atoms with Crippen LogP contribution in [0.25, 0.3) is 5.82 Å². The van der Waals surface area contributed by atoms with Crippen molar-refractivity contribution in [3.8, 4) is 5.82 Å². The molecule has 0 spiro atoms. The molecule has 0 N–H and O–H groups in total. The highest BCUT2D eigenvalue weighted by molar-refractivity contribution is 6.29. The van der Waals surface area contributed by atoms with Crippen LogP contribution in [-0.4, -0.2) is 19.7 Å². The summed E-state index contributed by atoms with van der Waals surface area (Å²) in [6, 6.07) is 1.65.